The number of carboxylic acid groups (broad SMARTS) is 4. The number of hydrogen-bond acceptors (Lipinski definition) is 12. The molecule has 0 heterocycles. The summed E-state index contributed by atoms with van der Waals surface area (Å²) in [5, 5.41) is 136. The van der Waals surface area contributed by atoms with E-state index in [2.05, 4.69) is 51.3 Å². The van der Waals surface area contributed by atoms with Gasteiger partial charge >= 0.3 is 111 Å². The van der Waals surface area contributed by atoms with E-state index in [0.29, 0.717) is 54.7 Å². The summed E-state index contributed by atoms with van der Waals surface area (Å²) in [6, 6.07) is 0. The zero-order chi connectivity index (χ0) is 71.8. The Morgan fingerprint density at radius 1 is 0.400 bits per heavy atom. The van der Waals surface area contributed by atoms with Gasteiger partial charge in [-0.15, -0.1) is 11.8 Å². The van der Waals surface area contributed by atoms with Crippen molar-refractivity contribution in [1.82, 2.24) is 0 Å². The molecule has 544 valence electrons. The van der Waals surface area contributed by atoms with Gasteiger partial charge in [0.2, 0.25) is 0 Å². The van der Waals surface area contributed by atoms with Gasteiger partial charge in [0.1, 0.15) is 23.1 Å². The van der Waals surface area contributed by atoms with Crippen LogP contribution in [0.4, 0.5) is 0 Å². The number of aliphatic carboxylic acids is 4. The molecule has 4 unspecified atom stereocenters. The number of carbonyl (C=O) groups is 4. The van der Waals surface area contributed by atoms with E-state index in [1.807, 2.05) is 0 Å². The molecule has 0 aromatic carbocycles. The van der Waals surface area contributed by atoms with Gasteiger partial charge in [-0.2, -0.15) is 35.0 Å². The quantitative estimate of drug-likeness (QED) is 0.0122. The molecule has 100 heavy (non-hydrogen) atoms. The molecule has 5 rings (SSSR count). The van der Waals surface area contributed by atoms with Crippen LogP contribution >= 0.6 is 0 Å². The molecular weight excluding hydrogens is 2020 g/mol. The average molecular weight is 2140 g/mol. The third kappa shape index (κ3) is 44.4. The van der Waals surface area contributed by atoms with Crippen molar-refractivity contribution in [2.24, 2.45) is 23.7 Å². The number of unbranched alkanes of at least 4 members (excludes halogenated alkanes) is 32. The van der Waals surface area contributed by atoms with Gasteiger partial charge in [-0.05, 0) is 19.3 Å². The molecule has 0 fully saturated rings. The fourth-order valence-electron chi connectivity index (χ4n) is 12.9. The minimum atomic E-state index is -0.833. The minimum absolute atomic E-state index is 0. The van der Waals surface area contributed by atoms with Gasteiger partial charge in [-0.1, -0.05) is 277 Å². The number of hydrogen-bond donors (Lipinski definition) is 8. The van der Waals surface area contributed by atoms with E-state index >= 15 is 0 Å². The third-order valence-electron chi connectivity index (χ3n) is 17.7. The van der Waals surface area contributed by atoms with Gasteiger partial charge in [0.15, 0.2) is 0 Å². The van der Waals surface area contributed by atoms with Crippen molar-refractivity contribution in [2.45, 2.75) is 312 Å². The number of carboxylic acids is 4. The van der Waals surface area contributed by atoms with Crippen LogP contribution in [0.25, 0.3) is 0 Å². The molecule has 16 nitrogen and oxygen atoms in total. The Morgan fingerprint density at radius 2 is 0.720 bits per heavy atom. The van der Waals surface area contributed by atoms with Crippen LogP contribution in [-0.2, 0) is 130 Å². The first-order valence-corrected chi connectivity index (χ1v) is 36.5. The summed E-state index contributed by atoms with van der Waals surface area (Å²) < 4.78 is 0. The van der Waals surface area contributed by atoms with E-state index in [-0.39, 0.29) is 156 Å². The van der Waals surface area contributed by atoms with Gasteiger partial charge in [0.05, 0.1) is 34.8 Å². The smallest absolute Gasteiger partial charge is 0.886 e. The standard InChI is InChI=1S/C72H108O8.4C2H4O2.4Hg/c1-5-9-13-17-21-25-29-33-37-41-53-57-45-59(67(75)49-65(57)73)54(42-38-34-30-26-22-18-14-10-6-2)61-47-63(71(79)51-69(61)77)56(44-40-36-32-28-24-20-16-12-8-4)64-48-62(70(78)52-72(64)80)55(60-46-58(53)66(74)50-68(60)76)43-39-35-31-27-23-19-15-11-7-3;4*1-2(3)4;;;;/h45-48,53-56,73-80H,5-44H2,1-4H3;4*1H3,(H,3,4);;;;/q;;;;;4*+1/p-4. The second-order valence-electron chi connectivity index (χ2n) is 26.2. The van der Waals surface area contributed by atoms with Crippen molar-refractivity contribution < 1.29 is 191 Å². The molecular formula is C80H120Hg4O16. The van der Waals surface area contributed by atoms with Crippen LogP contribution in [0.2, 0.25) is 0 Å². The van der Waals surface area contributed by atoms with E-state index in [1.165, 1.54) is 109 Å². The first-order chi connectivity index (χ1) is 45.9. The SMILES string of the molecule is CC(=O)O.CC(=O)O.CC(=O)O.CC(=O)O.CCCCCCCCCCCC1C2=CC(=C([O-])[C+]=C2[O-])C(CCCCCCCCCCC)[C-]2C=C(C([O-])=C=C2[O-])C(CCCCCCCCCCC)[C-]2C=C(C(O)=C=C2O)C(CCCCCCCCCCC)C2=C(O)[C+]=C(O)C1=C2.[Hg+].[Hg+].[Hg+].[Hg+]. The molecule has 0 saturated carbocycles. The van der Waals surface area contributed by atoms with E-state index in [0.717, 1.165) is 143 Å². The summed E-state index contributed by atoms with van der Waals surface area (Å²) in [5.41, 5.74) is 7.58. The molecule has 0 amide bonds. The van der Waals surface area contributed by atoms with Gasteiger partial charge in [-0.25, -0.2) is 0 Å². The maximum absolute atomic E-state index is 14.5. The Morgan fingerprint density at radius 3 is 1.10 bits per heavy atom. The van der Waals surface area contributed by atoms with Crippen LogP contribution in [0, 0.1) is 47.7 Å². The van der Waals surface area contributed by atoms with E-state index in [9.17, 15) is 40.9 Å². The van der Waals surface area contributed by atoms with Crippen molar-refractivity contribution in [3.8, 4) is 0 Å². The molecule has 0 aromatic rings. The van der Waals surface area contributed by atoms with Crippen molar-refractivity contribution in [2.75, 3.05) is 0 Å². The number of allylic oxidation sites excluding steroid dienone is 10. The Labute approximate surface area is 683 Å². The zero-order valence-electron chi connectivity index (χ0n) is 62.6. The van der Waals surface area contributed by atoms with Crippen LogP contribution in [0.15, 0.2) is 115 Å². The third-order valence-corrected chi connectivity index (χ3v) is 17.7. The normalized spacial score (nSPS) is 17.1. The Bertz CT molecular complexity index is 2690. The molecule has 8 bridgehead atoms. The molecule has 4 radical (unpaired) electrons. The number of aliphatic hydroxyl groups is 4. The van der Waals surface area contributed by atoms with E-state index in [4.69, 9.17) is 39.6 Å². The van der Waals surface area contributed by atoms with Crippen LogP contribution in [0.1, 0.15) is 312 Å². The summed E-state index contributed by atoms with van der Waals surface area (Å²) in [7, 11) is 0. The predicted octanol–water partition coefficient (Wildman–Crippen LogP) is 17.7. The Hall–Kier alpha value is -3.46. The Kier molecular flexibility index (Phi) is 64.7. The first-order valence-electron chi connectivity index (χ1n) is 36.5. The first kappa shape index (κ1) is 103. The monoisotopic (exact) mass is 2140 g/mol. The molecule has 0 saturated heterocycles. The fourth-order valence-corrected chi connectivity index (χ4v) is 12.9. The molecule has 0 spiro atoms. The van der Waals surface area contributed by atoms with Crippen LogP contribution in [0.5, 0.6) is 0 Å². The average Bonchev–Trinajstić information content (AvgIpc) is 0.760. The molecule has 0 aromatic heterocycles. The van der Waals surface area contributed by atoms with Gasteiger partial charge in [0.25, 0.3) is 35.4 Å². The number of aliphatic hydroxyl groups excluding tert-OH is 4. The van der Waals surface area contributed by atoms with Crippen molar-refractivity contribution in [3.05, 3.63) is 139 Å². The fraction of sp³-hybridized carbons (Fsp3) is 0.650. The van der Waals surface area contributed by atoms with E-state index in [1.54, 1.807) is 24.3 Å². The topological polar surface area (TPSA) is 322 Å². The predicted molar refractivity (Wildman–Crippen MR) is 373 cm³/mol. The summed E-state index contributed by atoms with van der Waals surface area (Å²) in [6.07, 6.45) is 53.2. The van der Waals surface area contributed by atoms with E-state index < -0.39 is 70.6 Å². The molecule has 4 atom stereocenters. The number of fused-ring (bicyclic) bond motifs is 4. The molecule has 0 aliphatic heterocycles. The van der Waals surface area contributed by atoms with Gasteiger partial charge < -0.3 is 67.0 Å². The van der Waals surface area contributed by atoms with Gasteiger partial charge in [-0.3, -0.25) is 19.2 Å². The number of rotatable bonds is 40. The van der Waals surface area contributed by atoms with Crippen molar-refractivity contribution >= 4 is 23.9 Å². The molecule has 20 heteroatoms. The zero-order valence-corrected chi connectivity index (χ0v) is 84.6. The van der Waals surface area contributed by atoms with Crippen LogP contribution in [-0.4, -0.2) is 64.7 Å². The largest absolute Gasteiger partial charge is 1.00 e. The Balaban J connectivity index is -0.00000208. The van der Waals surface area contributed by atoms with Crippen LogP contribution in [0.3, 0.4) is 0 Å². The maximum Gasteiger partial charge on any atom is 1.00 e. The second-order valence-corrected chi connectivity index (χ2v) is 26.2. The summed E-state index contributed by atoms with van der Waals surface area (Å²) in [4.78, 5) is 36.0. The molecule has 8 N–H and O–H groups in total. The summed E-state index contributed by atoms with van der Waals surface area (Å²) >= 11 is 0. The molecule has 5 aliphatic rings. The van der Waals surface area contributed by atoms with Gasteiger partial charge in [0, 0.05) is 57.1 Å². The maximum atomic E-state index is 14.5. The summed E-state index contributed by atoms with van der Waals surface area (Å²) in [6.45, 7) is 13.2. The van der Waals surface area contributed by atoms with Crippen molar-refractivity contribution in [1.29, 1.82) is 0 Å². The summed E-state index contributed by atoms with van der Waals surface area (Å²) in [5.74, 6) is -9.16. The van der Waals surface area contributed by atoms with Crippen LogP contribution < -0.4 is 20.4 Å². The minimum Gasteiger partial charge on any atom is -0.886 e. The second kappa shape index (κ2) is 62.9. The van der Waals surface area contributed by atoms with Crippen molar-refractivity contribution in [3.63, 3.8) is 0 Å². The molecule has 5 aliphatic carbocycles.